The summed E-state index contributed by atoms with van der Waals surface area (Å²) in [7, 11) is 0. The van der Waals surface area contributed by atoms with E-state index >= 15 is 0 Å². The molecule has 0 unspecified atom stereocenters. The standard InChI is InChI=1S/C18H25ClN2O/c19-12-18(22)21(16-9-10-16)14-17-8-4-5-11-20(17)13-15-6-2-1-3-7-15/h1-3,6-7,16-17H,4-5,8-14H2/t17-/m1/s1. The number of benzene rings is 1. The third-order valence-corrected chi connectivity index (χ3v) is 5.04. The number of likely N-dealkylation sites (tertiary alicyclic amines) is 1. The first kappa shape index (κ1) is 15.8. The number of piperidine rings is 1. The fourth-order valence-electron chi connectivity index (χ4n) is 3.44. The summed E-state index contributed by atoms with van der Waals surface area (Å²) in [5.41, 5.74) is 1.36. The van der Waals surface area contributed by atoms with Crippen molar-refractivity contribution in [1.29, 1.82) is 0 Å². The maximum absolute atomic E-state index is 12.1. The van der Waals surface area contributed by atoms with E-state index in [9.17, 15) is 4.79 Å². The molecular formula is C18H25ClN2O. The number of carbonyl (C=O) groups is 1. The van der Waals surface area contributed by atoms with Crippen LogP contribution in [0.3, 0.4) is 0 Å². The van der Waals surface area contributed by atoms with Crippen molar-refractivity contribution >= 4 is 17.5 Å². The summed E-state index contributed by atoms with van der Waals surface area (Å²) >= 11 is 5.80. The van der Waals surface area contributed by atoms with Crippen LogP contribution in [0.25, 0.3) is 0 Å². The second kappa shape index (κ2) is 7.47. The highest BCUT2D eigenvalue weighted by Gasteiger charge is 2.35. The van der Waals surface area contributed by atoms with Crippen LogP contribution < -0.4 is 0 Å². The molecule has 2 fully saturated rings. The van der Waals surface area contributed by atoms with Gasteiger partial charge in [-0.3, -0.25) is 9.69 Å². The van der Waals surface area contributed by atoms with E-state index in [1.807, 2.05) is 4.90 Å². The van der Waals surface area contributed by atoms with E-state index in [4.69, 9.17) is 11.6 Å². The summed E-state index contributed by atoms with van der Waals surface area (Å²) in [6.45, 7) is 2.97. The molecule has 22 heavy (non-hydrogen) atoms. The second-order valence-corrected chi connectivity index (χ2v) is 6.78. The Morgan fingerprint density at radius 1 is 1.18 bits per heavy atom. The molecule has 3 rings (SSSR count). The Hall–Kier alpha value is -1.06. The van der Waals surface area contributed by atoms with E-state index in [0.29, 0.717) is 12.1 Å². The van der Waals surface area contributed by atoms with Crippen LogP contribution in [0.15, 0.2) is 30.3 Å². The third kappa shape index (κ3) is 4.02. The highest BCUT2D eigenvalue weighted by molar-refractivity contribution is 6.27. The lowest BCUT2D eigenvalue weighted by atomic mass is 10.0. The van der Waals surface area contributed by atoms with E-state index in [2.05, 4.69) is 35.2 Å². The molecule has 1 amide bonds. The zero-order valence-corrected chi connectivity index (χ0v) is 13.8. The molecule has 0 aromatic heterocycles. The van der Waals surface area contributed by atoms with Crippen LogP contribution in [-0.2, 0) is 11.3 Å². The number of alkyl halides is 1. The molecule has 0 bridgehead atoms. The van der Waals surface area contributed by atoms with Gasteiger partial charge in [-0.2, -0.15) is 0 Å². The van der Waals surface area contributed by atoms with Gasteiger partial charge in [-0.25, -0.2) is 0 Å². The van der Waals surface area contributed by atoms with Gasteiger partial charge in [-0.05, 0) is 37.8 Å². The minimum atomic E-state index is 0.106. The van der Waals surface area contributed by atoms with Gasteiger partial charge in [0.2, 0.25) is 5.91 Å². The molecule has 1 saturated carbocycles. The molecule has 1 aliphatic carbocycles. The quantitative estimate of drug-likeness (QED) is 0.751. The second-order valence-electron chi connectivity index (χ2n) is 6.52. The summed E-state index contributed by atoms with van der Waals surface area (Å²) in [6, 6.07) is 11.6. The van der Waals surface area contributed by atoms with Gasteiger partial charge < -0.3 is 4.90 Å². The van der Waals surface area contributed by atoms with Crippen molar-refractivity contribution in [2.45, 2.75) is 50.7 Å². The molecule has 1 aliphatic heterocycles. The van der Waals surface area contributed by atoms with Crippen molar-refractivity contribution in [2.75, 3.05) is 19.0 Å². The molecule has 0 radical (unpaired) electrons. The predicted molar refractivity (Wildman–Crippen MR) is 89.9 cm³/mol. The van der Waals surface area contributed by atoms with Gasteiger partial charge in [0.1, 0.15) is 5.88 Å². The van der Waals surface area contributed by atoms with Crippen LogP contribution >= 0.6 is 11.6 Å². The maximum atomic E-state index is 12.1. The number of hydrogen-bond acceptors (Lipinski definition) is 2. The SMILES string of the molecule is O=C(CCl)N(C[C@H]1CCCCN1Cc1ccccc1)C1CC1. The highest BCUT2D eigenvalue weighted by atomic mass is 35.5. The molecule has 120 valence electrons. The lowest BCUT2D eigenvalue weighted by Crippen LogP contribution is -2.49. The van der Waals surface area contributed by atoms with E-state index in [-0.39, 0.29) is 11.8 Å². The highest BCUT2D eigenvalue weighted by Crippen LogP contribution is 2.29. The van der Waals surface area contributed by atoms with Gasteiger partial charge in [-0.15, -0.1) is 11.6 Å². The van der Waals surface area contributed by atoms with Gasteiger partial charge in [0.15, 0.2) is 0 Å². The number of halogens is 1. The lowest BCUT2D eigenvalue weighted by Gasteiger charge is -2.39. The van der Waals surface area contributed by atoms with Gasteiger partial charge in [0, 0.05) is 25.2 Å². The normalized spacial score (nSPS) is 22.5. The molecule has 2 aliphatic rings. The smallest absolute Gasteiger partial charge is 0.237 e. The van der Waals surface area contributed by atoms with Crippen molar-refractivity contribution < 1.29 is 4.79 Å². The Morgan fingerprint density at radius 3 is 2.64 bits per heavy atom. The van der Waals surface area contributed by atoms with Gasteiger partial charge in [0.25, 0.3) is 0 Å². The molecular weight excluding hydrogens is 296 g/mol. The molecule has 1 aromatic rings. The average Bonchev–Trinajstić information content (AvgIpc) is 3.39. The van der Waals surface area contributed by atoms with Crippen LogP contribution in [0, 0.1) is 0 Å². The van der Waals surface area contributed by atoms with Gasteiger partial charge >= 0.3 is 0 Å². The van der Waals surface area contributed by atoms with E-state index in [1.54, 1.807) is 0 Å². The maximum Gasteiger partial charge on any atom is 0.237 e. The van der Waals surface area contributed by atoms with Crippen LogP contribution in [0.2, 0.25) is 0 Å². The van der Waals surface area contributed by atoms with E-state index in [0.717, 1.165) is 32.5 Å². The van der Waals surface area contributed by atoms with Crippen molar-refractivity contribution in [2.24, 2.45) is 0 Å². The van der Waals surface area contributed by atoms with Crippen LogP contribution in [0.4, 0.5) is 0 Å². The molecule has 4 heteroatoms. The number of rotatable bonds is 6. The molecule has 1 atom stereocenters. The van der Waals surface area contributed by atoms with Crippen LogP contribution in [0.1, 0.15) is 37.7 Å². The first-order valence-electron chi connectivity index (χ1n) is 8.41. The number of carbonyl (C=O) groups excluding carboxylic acids is 1. The largest absolute Gasteiger partial charge is 0.337 e. The molecule has 1 saturated heterocycles. The first-order chi connectivity index (χ1) is 10.8. The lowest BCUT2D eigenvalue weighted by molar-refractivity contribution is -0.130. The average molecular weight is 321 g/mol. The van der Waals surface area contributed by atoms with Gasteiger partial charge in [0.05, 0.1) is 0 Å². The van der Waals surface area contributed by atoms with Crippen molar-refractivity contribution in [3.8, 4) is 0 Å². The van der Waals surface area contributed by atoms with Crippen LogP contribution in [0.5, 0.6) is 0 Å². The van der Waals surface area contributed by atoms with Gasteiger partial charge in [-0.1, -0.05) is 36.8 Å². The minimum Gasteiger partial charge on any atom is -0.337 e. The fourth-order valence-corrected chi connectivity index (χ4v) is 3.59. The Labute approximate surface area is 138 Å². The summed E-state index contributed by atoms with van der Waals surface area (Å²) in [5.74, 6) is 0.219. The summed E-state index contributed by atoms with van der Waals surface area (Å²) in [5, 5.41) is 0. The number of hydrogen-bond donors (Lipinski definition) is 0. The topological polar surface area (TPSA) is 23.6 Å². The summed E-state index contributed by atoms with van der Waals surface area (Å²) in [6.07, 6.45) is 6.01. The van der Waals surface area contributed by atoms with Crippen molar-refractivity contribution in [3.63, 3.8) is 0 Å². The summed E-state index contributed by atoms with van der Waals surface area (Å²) in [4.78, 5) is 16.7. The fraction of sp³-hybridized carbons (Fsp3) is 0.611. The van der Waals surface area contributed by atoms with Crippen LogP contribution in [-0.4, -0.2) is 46.8 Å². The molecule has 3 nitrogen and oxygen atoms in total. The predicted octanol–water partition coefficient (Wildman–Crippen LogP) is 3.27. The first-order valence-corrected chi connectivity index (χ1v) is 8.95. The molecule has 1 heterocycles. The zero-order chi connectivity index (χ0) is 15.4. The Morgan fingerprint density at radius 2 is 1.95 bits per heavy atom. The molecule has 1 aromatic carbocycles. The molecule has 0 spiro atoms. The molecule has 0 N–H and O–H groups in total. The Kier molecular flexibility index (Phi) is 5.37. The monoisotopic (exact) mass is 320 g/mol. The van der Waals surface area contributed by atoms with E-state index < -0.39 is 0 Å². The third-order valence-electron chi connectivity index (χ3n) is 4.81. The summed E-state index contributed by atoms with van der Waals surface area (Å²) < 4.78 is 0. The van der Waals surface area contributed by atoms with Crippen molar-refractivity contribution in [3.05, 3.63) is 35.9 Å². The van der Waals surface area contributed by atoms with E-state index in [1.165, 1.54) is 24.8 Å². The minimum absolute atomic E-state index is 0.106. The number of amides is 1. The number of nitrogens with zero attached hydrogens (tertiary/aromatic N) is 2. The Bertz CT molecular complexity index is 489. The van der Waals surface area contributed by atoms with Crippen molar-refractivity contribution in [1.82, 2.24) is 9.80 Å². The zero-order valence-electron chi connectivity index (χ0n) is 13.1. The Balaban J connectivity index is 1.65.